The number of aromatic nitrogens is 1. The van der Waals surface area contributed by atoms with Gasteiger partial charge in [0.05, 0.1) is 11.5 Å². The summed E-state index contributed by atoms with van der Waals surface area (Å²) in [5.41, 5.74) is 1.39. The minimum absolute atomic E-state index is 0.122. The molecule has 2 amide bonds. The summed E-state index contributed by atoms with van der Waals surface area (Å²) in [6.45, 7) is 3.41. The lowest BCUT2D eigenvalue weighted by Gasteiger charge is -2.32. The van der Waals surface area contributed by atoms with Crippen LogP contribution in [-0.4, -0.2) is 46.5 Å². The first-order chi connectivity index (χ1) is 13.6. The summed E-state index contributed by atoms with van der Waals surface area (Å²) in [7, 11) is 0. The summed E-state index contributed by atoms with van der Waals surface area (Å²) in [6.07, 6.45) is 4.42. The van der Waals surface area contributed by atoms with Crippen molar-refractivity contribution in [3.8, 4) is 0 Å². The molecule has 2 heterocycles. The first-order valence-corrected chi connectivity index (χ1v) is 10.9. The molecule has 1 aliphatic rings. The van der Waals surface area contributed by atoms with E-state index in [0.29, 0.717) is 23.2 Å². The molecular weight excluding hydrogens is 374 g/mol. The second kappa shape index (κ2) is 10.3. The molecule has 7 heteroatoms. The smallest absolute Gasteiger partial charge is 0.235 e. The second-order valence-corrected chi connectivity index (χ2v) is 8.20. The second-order valence-electron chi connectivity index (χ2n) is 7.21. The predicted molar refractivity (Wildman–Crippen MR) is 111 cm³/mol. The van der Waals surface area contributed by atoms with E-state index in [-0.39, 0.29) is 17.6 Å². The van der Waals surface area contributed by atoms with E-state index in [1.807, 2.05) is 11.0 Å². The van der Waals surface area contributed by atoms with Crippen molar-refractivity contribution in [2.24, 2.45) is 5.92 Å². The Balaban J connectivity index is 1.30. The minimum Gasteiger partial charge on any atom is -0.360 e. The van der Waals surface area contributed by atoms with E-state index >= 15 is 0 Å². The van der Waals surface area contributed by atoms with Crippen molar-refractivity contribution < 1.29 is 14.1 Å². The number of rotatable bonds is 8. The van der Waals surface area contributed by atoms with Crippen LogP contribution >= 0.6 is 11.8 Å². The first kappa shape index (κ1) is 20.5. The topological polar surface area (TPSA) is 75.4 Å². The van der Waals surface area contributed by atoms with Gasteiger partial charge in [-0.1, -0.05) is 35.5 Å². The number of amides is 2. The number of carbonyl (C=O) groups is 2. The van der Waals surface area contributed by atoms with Gasteiger partial charge in [-0.25, -0.2) is 0 Å². The number of hydrogen-bond acceptors (Lipinski definition) is 5. The number of thioether (sulfide) groups is 1. The van der Waals surface area contributed by atoms with Crippen molar-refractivity contribution in [3.63, 3.8) is 0 Å². The molecule has 3 rings (SSSR count). The molecule has 6 nitrogen and oxygen atoms in total. The Hall–Kier alpha value is -2.28. The van der Waals surface area contributed by atoms with Gasteiger partial charge in [0.1, 0.15) is 5.76 Å². The van der Waals surface area contributed by atoms with Gasteiger partial charge < -0.3 is 14.7 Å². The standard InChI is InChI=1S/C21H27N3O3S/c1-16-13-19(23-27-16)22-20(25)14-28-15-21(26)24-11-9-18(10-12-24)8-7-17-5-3-2-4-6-17/h2-6,13,18H,7-12,14-15H2,1H3,(H,22,23,25). The van der Waals surface area contributed by atoms with Crippen LogP contribution in [0.2, 0.25) is 0 Å². The van der Waals surface area contributed by atoms with E-state index in [1.54, 1.807) is 13.0 Å². The van der Waals surface area contributed by atoms with Crippen LogP contribution in [0.1, 0.15) is 30.6 Å². The van der Waals surface area contributed by atoms with Gasteiger partial charge in [-0.3, -0.25) is 9.59 Å². The van der Waals surface area contributed by atoms with Gasteiger partial charge in [0.15, 0.2) is 5.82 Å². The third-order valence-electron chi connectivity index (χ3n) is 5.01. The van der Waals surface area contributed by atoms with Crippen molar-refractivity contribution in [2.75, 3.05) is 29.9 Å². The zero-order valence-electron chi connectivity index (χ0n) is 16.2. The molecule has 0 unspecified atom stereocenters. The highest BCUT2D eigenvalue weighted by Crippen LogP contribution is 2.23. The maximum Gasteiger partial charge on any atom is 0.235 e. The Bertz CT molecular complexity index is 770. The molecule has 0 radical (unpaired) electrons. The molecule has 1 aliphatic heterocycles. The number of piperidine rings is 1. The Kier molecular flexibility index (Phi) is 7.54. The fraction of sp³-hybridized carbons (Fsp3) is 0.476. The number of anilines is 1. The van der Waals surface area contributed by atoms with E-state index in [2.05, 4.69) is 34.7 Å². The number of nitrogens with one attached hydrogen (secondary N) is 1. The van der Waals surface area contributed by atoms with Crippen LogP contribution in [-0.2, 0) is 16.0 Å². The first-order valence-electron chi connectivity index (χ1n) is 9.73. The number of nitrogens with zero attached hydrogens (tertiary/aromatic N) is 2. The summed E-state index contributed by atoms with van der Waals surface area (Å²) in [5, 5.41) is 6.38. The molecule has 0 saturated carbocycles. The molecule has 1 fully saturated rings. The highest BCUT2D eigenvalue weighted by Gasteiger charge is 2.22. The van der Waals surface area contributed by atoms with Crippen molar-refractivity contribution in [3.05, 3.63) is 47.7 Å². The van der Waals surface area contributed by atoms with Gasteiger partial charge >= 0.3 is 0 Å². The molecule has 0 bridgehead atoms. The van der Waals surface area contributed by atoms with Crippen LogP contribution in [0.4, 0.5) is 5.82 Å². The van der Waals surface area contributed by atoms with E-state index in [0.717, 1.165) is 32.4 Å². The zero-order valence-corrected chi connectivity index (χ0v) is 17.0. The fourth-order valence-electron chi connectivity index (χ4n) is 3.41. The predicted octanol–water partition coefficient (Wildman–Crippen LogP) is 3.53. The zero-order chi connectivity index (χ0) is 19.8. The molecule has 1 aromatic carbocycles. The van der Waals surface area contributed by atoms with Crippen LogP contribution in [0, 0.1) is 12.8 Å². The largest absolute Gasteiger partial charge is 0.360 e. The van der Waals surface area contributed by atoms with Crippen LogP contribution in [0.25, 0.3) is 0 Å². The Morgan fingerprint density at radius 2 is 1.96 bits per heavy atom. The van der Waals surface area contributed by atoms with Crippen LogP contribution in [0.5, 0.6) is 0 Å². The monoisotopic (exact) mass is 401 g/mol. The third kappa shape index (κ3) is 6.41. The van der Waals surface area contributed by atoms with Crippen LogP contribution < -0.4 is 5.32 Å². The van der Waals surface area contributed by atoms with Gasteiger partial charge in [0, 0.05) is 19.2 Å². The lowest BCUT2D eigenvalue weighted by Crippen LogP contribution is -2.39. The molecule has 0 aliphatic carbocycles. The maximum atomic E-state index is 12.4. The molecule has 28 heavy (non-hydrogen) atoms. The average Bonchev–Trinajstić information content (AvgIpc) is 3.12. The molecule has 1 aromatic heterocycles. The number of likely N-dealkylation sites (tertiary alicyclic amines) is 1. The quantitative estimate of drug-likeness (QED) is 0.732. The molecule has 1 saturated heterocycles. The van der Waals surface area contributed by atoms with Crippen molar-refractivity contribution in [1.29, 1.82) is 0 Å². The molecular formula is C21H27N3O3S. The summed E-state index contributed by atoms with van der Waals surface area (Å²) in [6, 6.07) is 12.2. The number of hydrogen-bond donors (Lipinski definition) is 1. The number of aryl methyl sites for hydroxylation is 2. The average molecular weight is 402 g/mol. The summed E-state index contributed by atoms with van der Waals surface area (Å²) >= 11 is 1.34. The molecule has 1 N–H and O–H groups in total. The SMILES string of the molecule is Cc1cc(NC(=O)CSCC(=O)N2CCC(CCc3ccccc3)CC2)no1. The number of benzene rings is 1. The maximum absolute atomic E-state index is 12.4. The van der Waals surface area contributed by atoms with Crippen LogP contribution in [0.15, 0.2) is 40.9 Å². The summed E-state index contributed by atoms with van der Waals surface area (Å²) < 4.78 is 4.91. The lowest BCUT2D eigenvalue weighted by molar-refractivity contribution is -0.129. The molecule has 0 atom stereocenters. The Labute approximate surface area is 170 Å². The summed E-state index contributed by atoms with van der Waals surface area (Å²) in [4.78, 5) is 26.2. The Morgan fingerprint density at radius 3 is 2.64 bits per heavy atom. The highest BCUT2D eigenvalue weighted by atomic mass is 32.2. The lowest BCUT2D eigenvalue weighted by atomic mass is 9.90. The van der Waals surface area contributed by atoms with Gasteiger partial charge in [-0.2, -0.15) is 0 Å². The van der Waals surface area contributed by atoms with Gasteiger partial charge in [-0.15, -0.1) is 11.8 Å². The normalized spacial score (nSPS) is 14.8. The third-order valence-corrected chi connectivity index (χ3v) is 5.92. The van der Waals surface area contributed by atoms with Crippen molar-refractivity contribution >= 4 is 29.4 Å². The van der Waals surface area contributed by atoms with E-state index < -0.39 is 0 Å². The van der Waals surface area contributed by atoms with Crippen molar-refractivity contribution in [2.45, 2.75) is 32.6 Å². The summed E-state index contributed by atoms with van der Waals surface area (Å²) in [5.74, 6) is 2.25. The number of carbonyl (C=O) groups excluding carboxylic acids is 2. The highest BCUT2D eigenvalue weighted by molar-refractivity contribution is 8.00. The van der Waals surface area contributed by atoms with Crippen molar-refractivity contribution in [1.82, 2.24) is 10.1 Å². The van der Waals surface area contributed by atoms with Gasteiger partial charge in [0.2, 0.25) is 11.8 Å². The van der Waals surface area contributed by atoms with Crippen LogP contribution in [0.3, 0.4) is 0 Å². The van der Waals surface area contributed by atoms with E-state index in [9.17, 15) is 9.59 Å². The molecule has 2 aromatic rings. The van der Waals surface area contributed by atoms with E-state index in [4.69, 9.17) is 4.52 Å². The van der Waals surface area contributed by atoms with Gasteiger partial charge in [0.25, 0.3) is 0 Å². The van der Waals surface area contributed by atoms with Gasteiger partial charge in [-0.05, 0) is 44.1 Å². The Morgan fingerprint density at radius 1 is 1.21 bits per heavy atom. The van der Waals surface area contributed by atoms with E-state index in [1.165, 1.54) is 23.7 Å². The fourth-order valence-corrected chi connectivity index (χ4v) is 4.13. The minimum atomic E-state index is -0.175. The molecule has 150 valence electrons. The molecule has 0 spiro atoms.